The largest absolute Gasteiger partial charge is 0.356 e. The van der Waals surface area contributed by atoms with E-state index in [4.69, 9.17) is 0 Å². The molecular weight excluding hydrogens is 353 g/mol. The van der Waals surface area contributed by atoms with Crippen LogP contribution >= 0.6 is 0 Å². The van der Waals surface area contributed by atoms with Gasteiger partial charge < -0.3 is 10.6 Å². The van der Waals surface area contributed by atoms with Gasteiger partial charge in [-0.3, -0.25) is 0 Å². The van der Waals surface area contributed by atoms with Crippen LogP contribution in [0.4, 0.5) is 4.39 Å². The summed E-state index contributed by atoms with van der Waals surface area (Å²) < 4.78 is 36.7. The van der Waals surface area contributed by atoms with Crippen LogP contribution in [-0.4, -0.2) is 38.5 Å². The fourth-order valence-corrected chi connectivity index (χ4v) is 5.53. The molecule has 1 aromatic carbocycles. The number of guanidine groups is 1. The number of nitrogens with one attached hydrogen (secondary N) is 2. The van der Waals surface area contributed by atoms with Gasteiger partial charge in [0.25, 0.3) is 0 Å². The van der Waals surface area contributed by atoms with Crippen molar-refractivity contribution < 1.29 is 12.8 Å². The third-order valence-corrected chi connectivity index (χ3v) is 7.06. The molecule has 0 radical (unpaired) electrons. The Kier molecular flexibility index (Phi) is 6.16. The molecular formula is C19H28FN3O2S. The SMILES string of the molecule is Cc1cc(CN=C(NCC2CCS(=O)(=O)C2)NC2CCCC2)ccc1F. The van der Waals surface area contributed by atoms with Crippen LogP contribution in [0, 0.1) is 18.7 Å². The van der Waals surface area contributed by atoms with E-state index < -0.39 is 9.84 Å². The van der Waals surface area contributed by atoms with Crippen LogP contribution < -0.4 is 10.6 Å². The van der Waals surface area contributed by atoms with E-state index in [1.54, 1.807) is 13.0 Å². The van der Waals surface area contributed by atoms with Crippen molar-refractivity contribution in [3.8, 4) is 0 Å². The van der Waals surface area contributed by atoms with Crippen molar-refractivity contribution in [1.29, 1.82) is 0 Å². The number of hydrogen-bond acceptors (Lipinski definition) is 3. The number of aryl methyl sites for hydroxylation is 1. The lowest BCUT2D eigenvalue weighted by Crippen LogP contribution is -2.44. The lowest BCUT2D eigenvalue weighted by atomic mass is 10.1. The maximum atomic E-state index is 13.4. The van der Waals surface area contributed by atoms with Crippen LogP contribution in [0.2, 0.25) is 0 Å². The van der Waals surface area contributed by atoms with Crippen molar-refractivity contribution in [2.45, 2.75) is 51.6 Å². The molecule has 3 rings (SSSR count). The predicted molar refractivity (Wildman–Crippen MR) is 102 cm³/mol. The van der Waals surface area contributed by atoms with Crippen LogP contribution in [0.25, 0.3) is 0 Å². The van der Waals surface area contributed by atoms with E-state index >= 15 is 0 Å². The predicted octanol–water partition coefficient (Wildman–Crippen LogP) is 2.55. The summed E-state index contributed by atoms with van der Waals surface area (Å²) in [6, 6.07) is 5.46. The van der Waals surface area contributed by atoms with Gasteiger partial charge in [-0.15, -0.1) is 0 Å². The molecule has 1 heterocycles. The monoisotopic (exact) mass is 381 g/mol. The lowest BCUT2D eigenvalue weighted by Gasteiger charge is -2.19. The number of hydrogen-bond donors (Lipinski definition) is 2. The Morgan fingerprint density at radius 1 is 1.27 bits per heavy atom. The molecule has 1 saturated heterocycles. The summed E-state index contributed by atoms with van der Waals surface area (Å²) in [5.74, 6) is 1.21. The highest BCUT2D eigenvalue weighted by Crippen LogP contribution is 2.19. The summed E-state index contributed by atoms with van der Waals surface area (Å²) in [6.07, 6.45) is 5.43. The maximum Gasteiger partial charge on any atom is 0.191 e. The smallest absolute Gasteiger partial charge is 0.191 e. The first-order valence-electron chi connectivity index (χ1n) is 9.41. The summed E-state index contributed by atoms with van der Waals surface area (Å²) in [5, 5.41) is 6.80. The molecule has 0 bridgehead atoms. The van der Waals surface area contributed by atoms with E-state index in [0.29, 0.717) is 31.1 Å². The van der Waals surface area contributed by atoms with E-state index in [-0.39, 0.29) is 23.2 Å². The van der Waals surface area contributed by atoms with Crippen molar-refractivity contribution in [3.05, 3.63) is 35.1 Å². The highest BCUT2D eigenvalue weighted by molar-refractivity contribution is 7.91. The zero-order valence-corrected chi connectivity index (χ0v) is 16.1. The van der Waals surface area contributed by atoms with Crippen LogP contribution in [0.5, 0.6) is 0 Å². The molecule has 1 atom stereocenters. The number of rotatable bonds is 5. The molecule has 7 heteroatoms. The van der Waals surface area contributed by atoms with E-state index in [2.05, 4.69) is 15.6 Å². The number of nitrogens with zero attached hydrogens (tertiary/aromatic N) is 1. The second-order valence-electron chi connectivity index (χ2n) is 7.52. The van der Waals surface area contributed by atoms with Gasteiger partial charge in [0.15, 0.2) is 15.8 Å². The number of sulfone groups is 1. The molecule has 26 heavy (non-hydrogen) atoms. The summed E-state index contributed by atoms with van der Waals surface area (Å²) in [7, 11) is -2.87. The Morgan fingerprint density at radius 3 is 2.69 bits per heavy atom. The van der Waals surface area contributed by atoms with Gasteiger partial charge in [0.1, 0.15) is 5.82 Å². The van der Waals surface area contributed by atoms with Crippen LogP contribution in [0.15, 0.2) is 23.2 Å². The molecule has 1 saturated carbocycles. The number of aliphatic imine (C=N–C) groups is 1. The summed E-state index contributed by atoms with van der Waals surface area (Å²) >= 11 is 0. The maximum absolute atomic E-state index is 13.4. The molecule has 0 spiro atoms. The van der Waals surface area contributed by atoms with Gasteiger partial charge >= 0.3 is 0 Å². The Labute approximate surface area is 155 Å². The minimum atomic E-state index is -2.87. The molecule has 2 aliphatic rings. The Balaban J connectivity index is 1.62. The normalized spacial score (nSPS) is 23.3. The van der Waals surface area contributed by atoms with Crippen molar-refractivity contribution >= 4 is 15.8 Å². The first kappa shape index (κ1) is 19.1. The molecule has 0 aromatic heterocycles. The Morgan fingerprint density at radius 2 is 2.04 bits per heavy atom. The zero-order chi connectivity index (χ0) is 18.6. The topological polar surface area (TPSA) is 70.6 Å². The lowest BCUT2D eigenvalue weighted by molar-refractivity contribution is 0.553. The van der Waals surface area contributed by atoms with Crippen LogP contribution in [0.1, 0.15) is 43.2 Å². The van der Waals surface area contributed by atoms with Gasteiger partial charge in [0.2, 0.25) is 0 Å². The molecule has 0 amide bonds. The van der Waals surface area contributed by atoms with Crippen LogP contribution in [-0.2, 0) is 16.4 Å². The van der Waals surface area contributed by atoms with E-state index in [1.165, 1.54) is 18.9 Å². The van der Waals surface area contributed by atoms with Gasteiger partial charge in [-0.25, -0.2) is 17.8 Å². The standard InChI is InChI=1S/C19H28FN3O2S/c1-14-10-15(6-7-18(14)20)11-21-19(23-17-4-2-3-5-17)22-12-16-8-9-26(24,25)13-16/h6-7,10,16-17H,2-5,8-9,11-13H2,1H3,(H2,21,22,23). The average molecular weight is 382 g/mol. The number of benzene rings is 1. The van der Waals surface area contributed by atoms with Gasteiger partial charge in [0.05, 0.1) is 18.1 Å². The van der Waals surface area contributed by atoms with Gasteiger partial charge in [0, 0.05) is 12.6 Å². The fraction of sp³-hybridized carbons (Fsp3) is 0.632. The second kappa shape index (κ2) is 8.37. The van der Waals surface area contributed by atoms with Crippen molar-refractivity contribution in [3.63, 3.8) is 0 Å². The van der Waals surface area contributed by atoms with E-state index in [1.807, 2.05) is 6.07 Å². The highest BCUT2D eigenvalue weighted by atomic mass is 32.2. The molecule has 1 aromatic rings. The molecule has 1 aliphatic heterocycles. The number of halogens is 1. The molecule has 2 fully saturated rings. The first-order valence-corrected chi connectivity index (χ1v) is 11.2. The van der Waals surface area contributed by atoms with Crippen LogP contribution in [0.3, 0.4) is 0 Å². The molecule has 1 unspecified atom stereocenters. The quantitative estimate of drug-likeness (QED) is 0.607. The Bertz CT molecular complexity index is 758. The molecule has 5 nitrogen and oxygen atoms in total. The van der Waals surface area contributed by atoms with Gasteiger partial charge in [-0.05, 0) is 49.3 Å². The first-order chi connectivity index (χ1) is 12.4. The summed E-state index contributed by atoms with van der Waals surface area (Å²) in [6.45, 7) is 2.82. The van der Waals surface area contributed by atoms with E-state index in [9.17, 15) is 12.8 Å². The van der Waals surface area contributed by atoms with Crippen molar-refractivity contribution in [2.24, 2.45) is 10.9 Å². The minimum absolute atomic E-state index is 0.142. The molecule has 144 valence electrons. The summed E-state index contributed by atoms with van der Waals surface area (Å²) in [5.41, 5.74) is 1.58. The third kappa shape index (κ3) is 5.43. The average Bonchev–Trinajstić information content (AvgIpc) is 3.22. The van der Waals surface area contributed by atoms with Gasteiger partial charge in [-0.2, -0.15) is 0 Å². The molecule has 2 N–H and O–H groups in total. The highest BCUT2D eigenvalue weighted by Gasteiger charge is 2.28. The zero-order valence-electron chi connectivity index (χ0n) is 15.3. The van der Waals surface area contributed by atoms with E-state index in [0.717, 1.165) is 24.4 Å². The Hall–Kier alpha value is -1.63. The van der Waals surface area contributed by atoms with Gasteiger partial charge in [-0.1, -0.05) is 25.0 Å². The van der Waals surface area contributed by atoms with Crippen molar-refractivity contribution in [2.75, 3.05) is 18.1 Å². The fourth-order valence-electron chi connectivity index (χ4n) is 3.67. The summed E-state index contributed by atoms with van der Waals surface area (Å²) in [4.78, 5) is 4.65. The second-order valence-corrected chi connectivity index (χ2v) is 9.75. The third-order valence-electron chi connectivity index (χ3n) is 5.22. The van der Waals surface area contributed by atoms with Crippen molar-refractivity contribution in [1.82, 2.24) is 10.6 Å². The minimum Gasteiger partial charge on any atom is -0.356 e. The molecule has 1 aliphatic carbocycles.